The Balaban J connectivity index is 1.07. The van der Waals surface area contributed by atoms with Gasteiger partial charge in [0.25, 0.3) is 0 Å². The number of furan rings is 1. The molecule has 1 aliphatic rings. The standard InChI is InChI=1S/C51H31N3OS/c1-2-13-30(14-3-1)49-52-50(54-51(53-49)42-27-31-15-4-5-16-33(31)34-17-6-7-18-35(34)42)40-22-12-23-43-47(40)38-26-25-32(28-44(38)55-43)41-29-46-48(37-20-9-8-19-36(37)41)39-21-10-11-24-45(39)56-46/h2,4-29H,1,3H2. The second kappa shape index (κ2) is 12.3. The SMILES string of the molecule is C1=CC(c2nc(-c3cc4ccccc4c4ccccc34)nc(-c3cccc4oc5cc(-c6cc7sc8ccccc8c7c7ccccc67)ccc5c34)n2)=CCC1. The quantitative estimate of drug-likeness (QED) is 0.169. The van der Waals surface area contributed by atoms with E-state index >= 15 is 0 Å². The highest BCUT2D eigenvalue weighted by Gasteiger charge is 2.21. The smallest absolute Gasteiger partial charge is 0.164 e. The van der Waals surface area contributed by atoms with Crippen molar-refractivity contribution in [2.75, 3.05) is 0 Å². The van der Waals surface area contributed by atoms with E-state index in [2.05, 4.69) is 152 Å². The fourth-order valence-corrected chi connectivity index (χ4v) is 9.93. The van der Waals surface area contributed by atoms with Crippen LogP contribution < -0.4 is 0 Å². The van der Waals surface area contributed by atoms with Gasteiger partial charge in [-0.15, -0.1) is 11.3 Å². The molecule has 12 rings (SSSR count). The monoisotopic (exact) mass is 733 g/mol. The third kappa shape index (κ3) is 4.81. The summed E-state index contributed by atoms with van der Waals surface area (Å²) in [6.45, 7) is 0. The summed E-state index contributed by atoms with van der Waals surface area (Å²) in [7, 11) is 0. The van der Waals surface area contributed by atoms with Crippen LogP contribution in [0.2, 0.25) is 0 Å². The predicted octanol–water partition coefficient (Wildman–Crippen LogP) is 14.3. The molecule has 56 heavy (non-hydrogen) atoms. The number of nitrogens with zero attached hydrogens (tertiary/aromatic N) is 3. The van der Waals surface area contributed by atoms with Crippen LogP contribution >= 0.6 is 11.3 Å². The van der Waals surface area contributed by atoms with E-state index in [1.165, 1.54) is 47.3 Å². The van der Waals surface area contributed by atoms with Gasteiger partial charge in [-0.25, -0.2) is 15.0 Å². The number of hydrogen-bond acceptors (Lipinski definition) is 5. The molecule has 0 fully saturated rings. The molecule has 0 unspecified atom stereocenters. The Morgan fingerprint density at radius 2 is 1.16 bits per heavy atom. The van der Waals surface area contributed by atoms with Crippen LogP contribution in [0, 0.1) is 0 Å². The predicted molar refractivity (Wildman–Crippen MR) is 235 cm³/mol. The molecule has 0 aliphatic heterocycles. The number of rotatable bonds is 4. The van der Waals surface area contributed by atoms with E-state index in [0.717, 1.165) is 67.8 Å². The molecule has 1 aliphatic carbocycles. The van der Waals surface area contributed by atoms with Crippen molar-refractivity contribution in [1.29, 1.82) is 0 Å². The normalized spacial score (nSPS) is 13.2. The summed E-state index contributed by atoms with van der Waals surface area (Å²) in [6, 6.07) is 52.0. The van der Waals surface area contributed by atoms with E-state index in [4.69, 9.17) is 19.4 Å². The van der Waals surface area contributed by atoms with E-state index in [1.54, 1.807) is 0 Å². The van der Waals surface area contributed by atoms with Gasteiger partial charge in [-0.2, -0.15) is 0 Å². The number of fused-ring (bicyclic) bond motifs is 11. The number of aromatic nitrogens is 3. The fraction of sp³-hybridized carbons (Fsp3) is 0.0392. The van der Waals surface area contributed by atoms with Gasteiger partial charge in [-0.05, 0) is 92.7 Å². The van der Waals surface area contributed by atoms with Gasteiger partial charge in [0.15, 0.2) is 17.5 Å². The van der Waals surface area contributed by atoms with Gasteiger partial charge in [0, 0.05) is 47.6 Å². The minimum atomic E-state index is 0.626. The molecule has 0 bridgehead atoms. The molecular formula is C51H31N3OS. The van der Waals surface area contributed by atoms with Crippen LogP contribution in [0.15, 0.2) is 168 Å². The van der Waals surface area contributed by atoms with Gasteiger partial charge in [0.05, 0.1) is 0 Å². The molecule has 0 saturated heterocycles. The van der Waals surface area contributed by atoms with Gasteiger partial charge >= 0.3 is 0 Å². The lowest BCUT2D eigenvalue weighted by atomic mass is 9.94. The highest BCUT2D eigenvalue weighted by atomic mass is 32.1. The maximum Gasteiger partial charge on any atom is 0.164 e. The van der Waals surface area contributed by atoms with Crippen LogP contribution in [0.4, 0.5) is 0 Å². The summed E-state index contributed by atoms with van der Waals surface area (Å²) in [4.78, 5) is 15.7. The number of benzene rings is 8. The van der Waals surface area contributed by atoms with Crippen molar-refractivity contribution < 1.29 is 4.42 Å². The molecule has 5 heteroatoms. The van der Waals surface area contributed by atoms with Gasteiger partial charge in [-0.1, -0.05) is 127 Å². The molecule has 0 amide bonds. The van der Waals surface area contributed by atoms with Gasteiger partial charge in [-0.3, -0.25) is 0 Å². The molecule has 4 nitrogen and oxygen atoms in total. The van der Waals surface area contributed by atoms with Crippen molar-refractivity contribution in [2.45, 2.75) is 12.8 Å². The lowest BCUT2D eigenvalue weighted by Crippen LogP contribution is -2.03. The number of thiophene rings is 1. The van der Waals surface area contributed by atoms with Crippen LogP contribution in [-0.4, -0.2) is 15.0 Å². The highest BCUT2D eigenvalue weighted by molar-refractivity contribution is 7.26. The topological polar surface area (TPSA) is 51.8 Å². The molecule has 0 spiro atoms. The summed E-state index contributed by atoms with van der Waals surface area (Å²) >= 11 is 1.85. The first-order valence-electron chi connectivity index (χ1n) is 19.1. The zero-order valence-electron chi connectivity index (χ0n) is 30.2. The lowest BCUT2D eigenvalue weighted by Gasteiger charge is -2.13. The molecule has 0 radical (unpaired) electrons. The minimum absolute atomic E-state index is 0.626. The van der Waals surface area contributed by atoms with Crippen LogP contribution in [0.5, 0.6) is 0 Å². The molecule has 0 atom stereocenters. The molecule has 0 N–H and O–H groups in total. The zero-order valence-corrected chi connectivity index (χ0v) is 31.0. The lowest BCUT2D eigenvalue weighted by molar-refractivity contribution is 0.669. The summed E-state index contributed by atoms with van der Waals surface area (Å²) in [5.41, 5.74) is 6.88. The molecular weight excluding hydrogens is 703 g/mol. The Labute approximate surface area is 325 Å². The molecule has 3 heterocycles. The van der Waals surface area contributed by atoms with E-state index in [9.17, 15) is 0 Å². The molecule has 262 valence electrons. The van der Waals surface area contributed by atoms with E-state index < -0.39 is 0 Å². The average Bonchev–Trinajstić information content (AvgIpc) is 3.84. The maximum atomic E-state index is 6.70. The van der Waals surface area contributed by atoms with Crippen LogP contribution in [-0.2, 0) is 0 Å². The van der Waals surface area contributed by atoms with Crippen molar-refractivity contribution >= 4 is 91.3 Å². The fourth-order valence-electron chi connectivity index (χ4n) is 8.77. The van der Waals surface area contributed by atoms with Crippen molar-refractivity contribution in [1.82, 2.24) is 15.0 Å². The third-order valence-electron chi connectivity index (χ3n) is 11.3. The van der Waals surface area contributed by atoms with Crippen molar-refractivity contribution in [3.8, 4) is 33.9 Å². The molecule has 3 aromatic heterocycles. The first kappa shape index (κ1) is 31.4. The van der Waals surface area contributed by atoms with E-state index in [0.29, 0.717) is 17.5 Å². The Kier molecular flexibility index (Phi) is 6.89. The third-order valence-corrected chi connectivity index (χ3v) is 12.4. The maximum absolute atomic E-state index is 6.70. The highest BCUT2D eigenvalue weighted by Crippen LogP contribution is 2.44. The largest absolute Gasteiger partial charge is 0.456 e. The summed E-state index contributed by atoms with van der Waals surface area (Å²) in [6.07, 6.45) is 8.54. The number of hydrogen-bond donors (Lipinski definition) is 0. The van der Waals surface area contributed by atoms with Crippen LogP contribution in [0.1, 0.15) is 18.7 Å². The Bertz CT molecular complexity index is 3500. The first-order valence-corrected chi connectivity index (χ1v) is 19.9. The van der Waals surface area contributed by atoms with Crippen LogP contribution in [0.3, 0.4) is 0 Å². The van der Waals surface area contributed by atoms with Gasteiger partial charge in [0.1, 0.15) is 11.2 Å². The van der Waals surface area contributed by atoms with E-state index in [-0.39, 0.29) is 0 Å². The van der Waals surface area contributed by atoms with E-state index in [1.807, 2.05) is 23.5 Å². The second-order valence-corrected chi connectivity index (χ2v) is 15.7. The zero-order chi connectivity index (χ0) is 36.7. The summed E-state index contributed by atoms with van der Waals surface area (Å²) in [5.74, 6) is 1.96. The number of allylic oxidation sites excluding steroid dienone is 4. The second-order valence-electron chi connectivity index (χ2n) is 14.6. The van der Waals surface area contributed by atoms with Gasteiger partial charge in [0.2, 0.25) is 0 Å². The minimum Gasteiger partial charge on any atom is -0.456 e. The Hall–Kier alpha value is -6.95. The summed E-state index contributed by atoms with van der Waals surface area (Å²) in [5, 5.41) is 11.8. The molecule has 0 saturated carbocycles. The summed E-state index contributed by atoms with van der Waals surface area (Å²) < 4.78 is 9.29. The van der Waals surface area contributed by atoms with Gasteiger partial charge < -0.3 is 4.42 Å². The van der Waals surface area contributed by atoms with Crippen molar-refractivity contribution in [3.05, 3.63) is 170 Å². The van der Waals surface area contributed by atoms with Crippen LogP contribution in [0.25, 0.3) is 114 Å². The Morgan fingerprint density at radius 3 is 2.00 bits per heavy atom. The molecule has 8 aromatic carbocycles. The molecule has 11 aromatic rings. The average molecular weight is 734 g/mol. The Morgan fingerprint density at radius 1 is 0.446 bits per heavy atom. The van der Waals surface area contributed by atoms with Crippen molar-refractivity contribution in [2.24, 2.45) is 0 Å². The first-order chi connectivity index (χ1) is 27.7. The van der Waals surface area contributed by atoms with Crippen molar-refractivity contribution in [3.63, 3.8) is 0 Å².